The van der Waals surface area contributed by atoms with Crippen LogP contribution in [0.2, 0.25) is 0 Å². The average Bonchev–Trinajstić information content (AvgIpc) is 2.73. The van der Waals surface area contributed by atoms with E-state index >= 15 is 0 Å². The maximum absolute atomic E-state index is 4.72. The lowest BCUT2D eigenvalue weighted by molar-refractivity contribution is 1.45. The predicted octanol–water partition coefficient (Wildman–Crippen LogP) is 5.64. The van der Waals surface area contributed by atoms with Gasteiger partial charge in [-0.2, -0.15) is 0 Å². The average molecular weight is 364 g/mol. The van der Waals surface area contributed by atoms with Crippen molar-refractivity contribution in [1.29, 1.82) is 0 Å². The van der Waals surface area contributed by atoms with Crippen molar-refractivity contribution < 1.29 is 0 Å². The lowest BCUT2D eigenvalue weighted by Crippen LogP contribution is -2.20. The molecule has 0 aromatic heterocycles. The molecule has 0 aliphatic carbocycles. The number of hydrogen-bond donors (Lipinski definition) is 2. The molecular formula is C19H14BrN3. The minimum Gasteiger partial charge on any atom is -0.325 e. The lowest BCUT2D eigenvalue weighted by Gasteiger charge is -2.10. The second kappa shape index (κ2) is 5.89. The van der Waals surface area contributed by atoms with Gasteiger partial charge in [0, 0.05) is 27.0 Å². The number of nitrogens with one attached hydrogen (secondary N) is 2. The number of aliphatic imine (C=N–C) groups is 1. The van der Waals surface area contributed by atoms with Gasteiger partial charge in [-0.05, 0) is 40.2 Å². The lowest BCUT2D eigenvalue weighted by atomic mass is 10.0. The number of anilines is 2. The van der Waals surface area contributed by atoms with Crippen LogP contribution in [0.15, 0.2) is 82.3 Å². The number of para-hydroxylation sites is 3. The van der Waals surface area contributed by atoms with Crippen molar-refractivity contribution in [3.8, 4) is 11.1 Å². The van der Waals surface area contributed by atoms with Gasteiger partial charge < -0.3 is 10.6 Å². The molecule has 23 heavy (non-hydrogen) atoms. The zero-order chi connectivity index (χ0) is 15.6. The molecular weight excluding hydrogens is 350 g/mol. The molecule has 3 nitrogen and oxygen atoms in total. The van der Waals surface area contributed by atoms with E-state index in [1.807, 2.05) is 48.5 Å². The van der Waals surface area contributed by atoms with E-state index in [0.717, 1.165) is 32.7 Å². The van der Waals surface area contributed by atoms with Crippen LogP contribution in [-0.2, 0) is 0 Å². The fourth-order valence-electron chi connectivity index (χ4n) is 2.66. The largest absolute Gasteiger partial charge is 0.325 e. The van der Waals surface area contributed by atoms with Crippen LogP contribution in [0, 0.1) is 0 Å². The number of benzene rings is 3. The van der Waals surface area contributed by atoms with Crippen molar-refractivity contribution in [3.63, 3.8) is 0 Å². The van der Waals surface area contributed by atoms with Crippen LogP contribution in [0.5, 0.6) is 0 Å². The molecule has 0 bridgehead atoms. The summed E-state index contributed by atoms with van der Waals surface area (Å²) in [6, 6.07) is 24.4. The van der Waals surface area contributed by atoms with Gasteiger partial charge in [-0.15, -0.1) is 0 Å². The van der Waals surface area contributed by atoms with Crippen LogP contribution in [0.25, 0.3) is 11.1 Å². The Morgan fingerprint density at radius 2 is 1.17 bits per heavy atom. The molecule has 1 aliphatic heterocycles. The Hall–Kier alpha value is -2.59. The molecule has 2 N–H and O–H groups in total. The second-order valence-electron chi connectivity index (χ2n) is 5.25. The van der Waals surface area contributed by atoms with E-state index in [1.165, 1.54) is 0 Å². The molecule has 4 heteroatoms. The maximum atomic E-state index is 4.72. The Labute approximate surface area is 143 Å². The molecule has 0 unspecified atom stereocenters. The number of fused-ring (bicyclic) bond motifs is 3. The molecule has 1 heterocycles. The van der Waals surface area contributed by atoms with Crippen LogP contribution >= 0.6 is 15.9 Å². The fourth-order valence-corrected chi connectivity index (χ4v) is 3.03. The summed E-state index contributed by atoms with van der Waals surface area (Å²) in [5.41, 5.74) is 5.27. The van der Waals surface area contributed by atoms with E-state index in [2.05, 4.69) is 50.8 Å². The van der Waals surface area contributed by atoms with Gasteiger partial charge in [0.1, 0.15) is 0 Å². The standard InChI is InChI=1S/C19H14BrN3/c20-15-9-3-6-12-18(15)23-19-21-16-10-4-1-7-13(16)14-8-2-5-11-17(14)22-19/h1-12H,(H2,21,22,23). The van der Waals surface area contributed by atoms with Crippen LogP contribution in [-0.4, -0.2) is 5.96 Å². The third kappa shape index (κ3) is 2.73. The molecule has 0 saturated carbocycles. The molecule has 112 valence electrons. The van der Waals surface area contributed by atoms with E-state index in [4.69, 9.17) is 4.99 Å². The Morgan fingerprint density at radius 1 is 0.652 bits per heavy atom. The van der Waals surface area contributed by atoms with Crippen LogP contribution in [0.4, 0.5) is 17.1 Å². The Kier molecular flexibility index (Phi) is 3.60. The highest BCUT2D eigenvalue weighted by Crippen LogP contribution is 2.36. The van der Waals surface area contributed by atoms with Crippen molar-refractivity contribution in [2.75, 3.05) is 10.6 Å². The molecule has 3 aromatic rings. The molecule has 4 rings (SSSR count). The van der Waals surface area contributed by atoms with Crippen LogP contribution in [0.1, 0.15) is 0 Å². The summed E-state index contributed by atoms with van der Waals surface area (Å²) in [5.74, 6) is 0.703. The SMILES string of the molecule is Brc1ccccc1N=C1Nc2ccccc2-c2ccccc2N1. The Bertz CT molecular complexity index is 853. The van der Waals surface area contributed by atoms with E-state index in [9.17, 15) is 0 Å². The monoisotopic (exact) mass is 363 g/mol. The molecule has 0 radical (unpaired) electrons. The quantitative estimate of drug-likeness (QED) is 0.586. The summed E-state index contributed by atoms with van der Waals surface area (Å²) in [7, 11) is 0. The first-order valence-corrected chi connectivity index (χ1v) is 8.16. The smallest absolute Gasteiger partial charge is 0.205 e. The van der Waals surface area contributed by atoms with Crippen molar-refractivity contribution in [1.82, 2.24) is 0 Å². The molecule has 3 aromatic carbocycles. The Balaban J connectivity index is 1.86. The van der Waals surface area contributed by atoms with E-state index < -0.39 is 0 Å². The van der Waals surface area contributed by atoms with Crippen LogP contribution in [0.3, 0.4) is 0 Å². The third-order valence-electron chi connectivity index (χ3n) is 3.74. The highest BCUT2D eigenvalue weighted by Gasteiger charge is 2.16. The molecule has 0 fully saturated rings. The van der Waals surface area contributed by atoms with Gasteiger partial charge in [0.25, 0.3) is 0 Å². The highest BCUT2D eigenvalue weighted by molar-refractivity contribution is 9.10. The number of halogens is 1. The third-order valence-corrected chi connectivity index (χ3v) is 4.41. The summed E-state index contributed by atoms with van der Waals surface area (Å²) in [4.78, 5) is 4.72. The zero-order valence-corrected chi connectivity index (χ0v) is 13.8. The van der Waals surface area contributed by atoms with Gasteiger partial charge in [-0.25, -0.2) is 4.99 Å². The molecule has 0 saturated heterocycles. The van der Waals surface area contributed by atoms with E-state index in [1.54, 1.807) is 0 Å². The fraction of sp³-hybridized carbons (Fsp3) is 0. The van der Waals surface area contributed by atoms with Crippen molar-refractivity contribution >= 4 is 39.0 Å². The molecule has 1 aliphatic rings. The number of hydrogen-bond acceptors (Lipinski definition) is 1. The van der Waals surface area contributed by atoms with E-state index in [-0.39, 0.29) is 0 Å². The van der Waals surface area contributed by atoms with Crippen molar-refractivity contribution in [3.05, 3.63) is 77.3 Å². The number of rotatable bonds is 1. The van der Waals surface area contributed by atoms with Gasteiger partial charge in [0.2, 0.25) is 5.96 Å². The van der Waals surface area contributed by atoms with Gasteiger partial charge in [0.15, 0.2) is 0 Å². The topological polar surface area (TPSA) is 36.4 Å². The van der Waals surface area contributed by atoms with Gasteiger partial charge in [0.05, 0.1) is 5.69 Å². The van der Waals surface area contributed by atoms with E-state index in [0.29, 0.717) is 5.96 Å². The first-order valence-electron chi connectivity index (χ1n) is 7.37. The maximum Gasteiger partial charge on any atom is 0.205 e. The summed E-state index contributed by atoms with van der Waals surface area (Å²) in [6.07, 6.45) is 0. The number of guanidine groups is 1. The van der Waals surface area contributed by atoms with Crippen LogP contribution < -0.4 is 10.6 Å². The summed E-state index contributed by atoms with van der Waals surface area (Å²) < 4.78 is 0.960. The summed E-state index contributed by atoms with van der Waals surface area (Å²) in [5, 5.41) is 6.80. The molecule has 0 spiro atoms. The molecule has 0 atom stereocenters. The first kappa shape index (κ1) is 14.0. The molecule has 0 amide bonds. The number of nitrogens with zero attached hydrogens (tertiary/aromatic N) is 1. The minimum absolute atomic E-state index is 0.703. The minimum atomic E-state index is 0.703. The summed E-state index contributed by atoms with van der Waals surface area (Å²) in [6.45, 7) is 0. The van der Waals surface area contributed by atoms with Crippen molar-refractivity contribution in [2.24, 2.45) is 4.99 Å². The Morgan fingerprint density at radius 3 is 1.78 bits per heavy atom. The first-order chi connectivity index (χ1) is 11.3. The second-order valence-corrected chi connectivity index (χ2v) is 6.11. The predicted molar refractivity (Wildman–Crippen MR) is 100 cm³/mol. The zero-order valence-electron chi connectivity index (χ0n) is 12.3. The summed E-state index contributed by atoms with van der Waals surface area (Å²) >= 11 is 3.54. The normalized spacial score (nSPS) is 12.3. The van der Waals surface area contributed by atoms with Gasteiger partial charge >= 0.3 is 0 Å². The van der Waals surface area contributed by atoms with Gasteiger partial charge in [-0.3, -0.25) is 0 Å². The van der Waals surface area contributed by atoms with Crippen molar-refractivity contribution in [2.45, 2.75) is 0 Å². The highest BCUT2D eigenvalue weighted by atomic mass is 79.9. The van der Waals surface area contributed by atoms with Gasteiger partial charge in [-0.1, -0.05) is 48.5 Å².